The third kappa shape index (κ3) is 4.91. The zero-order valence-corrected chi connectivity index (χ0v) is 17.0. The molecule has 1 atom stereocenters. The second-order valence-electron chi connectivity index (χ2n) is 7.21. The van der Waals surface area contributed by atoms with Crippen LogP contribution in [-0.2, 0) is 19.6 Å². The Morgan fingerprint density at radius 2 is 1.79 bits per heavy atom. The fraction of sp³-hybridized carbons (Fsp3) is 0.529. The first kappa shape index (κ1) is 21.9. The highest BCUT2D eigenvalue weighted by Gasteiger charge is 2.41. The molecule has 2 N–H and O–H groups in total. The van der Waals surface area contributed by atoms with Gasteiger partial charge in [-0.05, 0) is 45.0 Å². The molecule has 28 heavy (non-hydrogen) atoms. The van der Waals surface area contributed by atoms with Crippen LogP contribution >= 0.6 is 0 Å². The fourth-order valence-electron chi connectivity index (χ4n) is 2.81. The molecule has 1 fully saturated rings. The predicted octanol–water partition coefficient (Wildman–Crippen LogP) is 0.811. The van der Waals surface area contributed by atoms with Crippen molar-refractivity contribution < 1.29 is 32.7 Å². The molecule has 1 aromatic rings. The SMILES string of the molecule is COC(=O)N1CCN(S(=O)(=O)c2ccc(OC(C)(C)C)cc2)[C@@H](C(=O)NO)C1. The molecule has 0 saturated carbocycles. The van der Waals surface area contributed by atoms with Gasteiger partial charge in [-0.2, -0.15) is 4.31 Å². The van der Waals surface area contributed by atoms with Gasteiger partial charge in [-0.1, -0.05) is 0 Å². The van der Waals surface area contributed by atoms with Gasteiger partial charge >= 0.3 is 6.09 Å². The number of carbonyl (C=O) groups is 2. The summed E-state index contributed by atoms with van der Waals surface area (Å²) in [5, 5.41) is 9.00. The number of nitrogens with one attached hydrogen (secondary N) is 1. The number of carbonyl (C=O) groups excluding carboxylic acids is 2. The van der Waals surface area contributed by atoms with Gasteiger partial charge in [0.25, 0.3) is 5.91 Å². The summed E-state index contributed by atoms with van der Waals surface area (Å²) >= 11 is 0. The molecule has 0 unspecified atom stereocenters. The van der Waals surface area contributed by atoms with Gasteiger partial charge in [-0.3, -0.25) is 10.0 Å². The standard InChI is InChI=1S/C17H25N3O7S/c1-17(2,3)27-12-5-7-13(8-6-12)28(24,25)20-10-9-19(16(22)26-4)11-14(20)15(21)18-23/h5-8,14,23H,9-11H2,1-4H3,(H,18,21)/t14-/m1/s1. The van der Waals surface area contributed by atoms with E-state index in [9.17, 15) is 18.0 Å². The van der Waals surface area contributed by atoms with Crippen LogP contribution in [0.4, 0.5) is 4.79 Å². The van der Waals surface area contributed by atoms with Crippen molar-refractivity contribution in [1.82, 2.24) is 14.7 Å². The van der Waals surface area contributed by atoms with Crippen LogP contribution in [0.5, 0.6) is 5.75 Å². The highest BCUT2D eigenvalue weighted by atomic mass is 32.2. The number of nitrogens with zero attached hydrogens (tertiary/aromatic N) is 2. The lowest BCUT2D eigenvalue weighted by atomic mass is 10.2. The molecule has 0 bridgehead atoms. The summed E-state index contributed by atoms with van der Waals surface area (Å²) in [7, 11) is -2.87. The van der Waals surface area contributed by atoms with Gasteiger partial charge in [-0.15, -0.1) is 0 Å². The molecule has 1 aliphatic rings. The molecule has 2 rings (SSSR count). The maximum atomic E-state index is 13.0. The molecular weight excluding hydrogens is 390 g/mol. The summed E-state index contributed by atoms with van der Waals surface area (Å²) in [5.41, 5.74) is 1.02. The second-order valence-corrected chi connectivity index (χ2v) is 9.10. The number of piperazine rings is 1. The summed E-state index contributed by atoms with van der Waals surface area (Å²) in [6, 6.07) is 4.54. The Bertz CT molecular complexity index is 818. The van der Waals surface area contributed by atoms with Crippen molar-refractivity contribution in [3.8, 4) is 5.75 Å². The van der Waals surface area contributed by atoms with Gasteiger partial charge < -0.3 is 14.4 Å². The van der Waals surface area contributed by atoms with Crippen molar-refractivity contribution in [3.63, 3.8) is 0 Å². The molecule has 0 aromatic heterocycles. The number of rotatable bonds is 4. The molecule has 1 aromatic carbocycles. The third-order valence-corrected chi connectivity index (χ3v) is 5.95. The topological polar surface area (TPSA) is 125 Å². The van der Waals surface area contributed by atoms with Crippen molar-refractivity contribution in [2.75, 3.05) is 26.7 Å². The molecule has 1 saturated heterocycles. The Kier molecular flexibility index (Phi) is 6.52. The van der Waals surface area contributed by atoms with Crippen LogP contribution in [0, 0.1) is 0 Å². The van der Waals surface area contributed by atoms with E-state index >= 15 is 0 Å². The van der Waals surface area contributed by atoms with Crippen LogP contribution < -0.4 is 10.2 Å². The maximum Gasteiger partial charge on any atom is 0.409 e. The molecule has 0 aliphatic carbocycles. The highest BCUT2D eigenvalue weighted by Crippen LogP contribution is 2.25. The smallest absolute Gasteiger partial charge is 0.409 e. The summed E-state index contributed by atoms with van der Waals surface area (Å²) in [6.45, 7) is 5.29. The van der Waals surface area contributed by atoms with Crippen molar-refractivity contribution in [3.05, 3.63) is 24.3 Å². The number of sulfonamides is 1. The number of amides is 2. The minimum absolute atomic E-state index is 0.0315. The van der Waals surface area contributed by atoms with E-state index in [4.69, 9.17) is 9.94 Å². The maximum absolute atomic E-state index is 13.0. The number of hydrogen-bond acceptors (Lipinski definition) is 7. The Morgan fingerprint density at radius 1 is 1.18 bits per heavy atom. The summed E-state index contributed by atoms with van der Waals surface area (Å²) in [6.07, 6.45) is -0.684. The molecule has 0 radical (unpaired) electrons. The summed E-state index contributed by atoms with van der Waals surface area (Å²) < 4.78 is 37.4. The molecular formula is C17H25N3O7S. The molecule has 11 heteroatoms. The highest BCUT2D eigenvalue weighted by molar-refractivity contribution is 7.89. The molecule has 2 amide bonds. The van der Waals surface area contributed by atoms with Crippen molar-refractivity contribution in [1.29, 1.82) is 0 Å². The Hall–Kier alpha value is -2.37. The van der Waals surface area contributed by atoms with E-state index in [1.165, 1.54) is 41.8 Å². The van der Waals surface area contributed by atoms with Crippen LogP contribution in [0.25, 0.3) is 0 Å². The van der Waals surface area contributed by atoms with E-state index in [-0.39, 0.29) is 24.5 Å². The first-order chi connectivity index (χ1) is 13.0. The molecule has 1 aliphatic heterocycles. The number of hydrogen-bond donors (Lipinski definition) is 2. The zero-order valence-electron chi connectivity index (χ0n) is 16.2. The number of ether oxygens (including phenoxy) is 2. The van der Waals surface area contributed by atoms with E-state index in [0.29, 0.717) is 5.75 Å². The van der Waals surface area contributed by atoms with E-state index < -0.39 is 33.7 Å². The van der Waals surface area contributed by atoms with Gasteiger partial charge in [0.1, 0.15) is 17.4 Å². The normalized spacial score (nSPS) is 18.5. The minimum Gasteiger partial charge on any atom is -0.488 e. The fourth-order valence-corrected chi connectivity index (χ4v) is 4.38. The first-order valence-electron chi connectivity index (χ1n) is 8.57. The summed E-state index contributed by atoms with van der Waals surface area (Å²) in [5.74, 6) is -0.434. The lowest BCUT2D eigenvalue weighted by Gasteiger charge is -2.38. The Morgan fingerprint density at radius 3 is 2.29 bits per heavy atom. The monoisotopic (exact) mass is 415 g/mol. The van der Waals surface area contributed by atoms with Crippen molar-refractivity contribution in [2.24, 2.45) is 0 Å². The Labute approximate surface area is 164 Å². The third-order valence-electron chi connectivity index (χ3n) is 4.03. The Balaban J connectivity index is 2.29. The summed E-state index contributed by atoms with van der Waals surface area (Å²) in [4.78, 5) is 25.0. The van der Waals surface area contributed by atoms with E-state index in [2.05, 4.69) is 4.74 Å². The van der Waals surface area contributed by atoms with Crippen LogP contribution in [0.2, 0.25) is 0 Å². The van der Waals surface area contributed by atoms with Crippen molar-refractivity contribution in [2.45, 2.75) is 37.3 Å². The van der Waals surface area contributed by atoms with Crippen LogP contribution in [0.1, 0.15) is 20.8 Å². The largest absolute Gasteiger partial charge is 0.488 e. The zero-order chi connectivity index (χ0) is 21.1. The average molecular weight is 415 g/mol. The van der Waals surface area contributed by atoms with Gasteiger partial charge in [-0.25, -0.2) is 18.7 Å². The first-order valence-corrected chi connectivity index (χ1v) is 10.0. The molecule has 156 valence electrons. The molecule has 10 nitrogen and oxygen atoms in total. The van der Waals surface area contributed by atoms with E-state index in [1.807, 2.05) is 20.8 Å². The van der Waals surface area contributed by atoms with Gasteiger partial charge in [0.2, 0.25) is 10.0 Å². The van der Waals surface area contributed by atoms with Crippen molar-refractivity contribution >= 4 is 22.0 Å². The average Bonchev–Trinajstić information content (AvgIpc) is 2.65. The van der Waals surface area contributed by atoms with Gasteiger partial charge in [0, 0.05) is 19.6 Å². The lowest BCUT2D eigenvalue weighted by Crippen LogP contribution is -2.61. The predicted molar refractivity (Wildman–Crippen MR) is 98.4 cm³/mol. The molecule has 1 heterocycles. The number of benzene rings is 1. The van der Waals surface area contributed by atoms with Gasteiger partial charge in [0.15, 0.2) is 0 Å². The van der Waals surface area contributed by atoms with Crippen LogP contribution in [0.3, 0.4) is 0 Å². The van der Waals surface area contributed by atoms with Crippen LogP contribution in [0.15, 0.2) is 29.2 Å². The quantitative estimate of drug-likeness (QED) is 0.551. The minimum atomic E-state index is -4.06. The number of methoxy groups -OCH3 is 1. The number of hydroxylamine groups is 1. The van der Waals surface area contributed by atoms with E-state index in [1.54, 1.807) is 0 Å². The van der Waals surface area contributed by atoms with Gasteiger partial charge in [0.05, 0.1) is 12.0 Å². The van der Waals surface area contributed by atoms with E-state index in [0.717, 1.165) is 4.31 Å². The van der Waals surface area contributed by atoms with Crippen LogP contribution in [-0.4, -0.2) is 73.2 Å². The molecule has 0 spiro atoms. The lowest BCUT2D eigenvalue weighted by molar-refractivity contribution is -0.134. The second kappa shape index (κ2) is 8.33.